The Kier molecular flexibility index (Phi) is 5.51. The van der Waals surface area contributed by atoms with Gasteiger partial charge in [-0.05, 0) is 36.2 Å². The fraction of sp³-hybridized carbons (Fsp3) is 0.250. The quantitative estimate of drug-likeness (QED) is 0.615. The molecule has 0 heterocycles. The van der Waals surface area contributed by atoms with Crippen LogP contribution in [0.5, 0.6) is 5.75 Å². The van der Waals surface area contributed by atoms with Crippen molar-refractivity contribution in [2.45, 2.75) is 19.5 Å². The van der Waals surface area contributed by atoms with Crippen molar-refractivity contribution in [2.24, 2.45) is 0 Å². The van der Waals surface area contributed by atoms with Gasteiger partial charge >= 0.3 is 5.69 Å². The van der Waals surface area contributed by atoms with Crippen LogP contribution in [0.1, 0.15) is 24.1 Å². The first kappa shape index (κ1) is 16.5. The molecule has 1 N–H and O–H groups in total. The van der Waals surface area contributed by atoms with E-state index in [9.17, 15) is 10.1 Å². The molecule has 0 aliphatic heterocycles. The number of ether oxygens (including phenoxy) is 1. The number of benzene rings is 2. The fourth-order valence-electron chi connectivity index (χ4n) is 2.13. The number of nitrogens with zero attached hydrogens (tertiary/aromatic N) is 1. The van der Waals surface area contributed by atoms with Crippen molar-refractivity contribution in [1.29, 1.82) is 0 Å². The maximum Gasteiger partial charge on any atom is 0.311 e. The molecular weight excluding hydrogens is 348 g/mol. The molecule has 0 radical (unpaired) electrons. The van der Waals surface area contributed by atoms with Gasteiger partial charge in [0.05, 0.1) is 12.0 Å². The second-order valence-electron chi connectivity index (χ2n) is 4.92. The summed E-state index contributed by atoms with van der Waals surface area (Å²) < 4.78 is 6.04. The standard InChI is InChI=1S/C16H17BrN2O3/c1-11(13-4-6-14(17)7-5-13)18-10-12-3-8-16(22-2)15(9-12)19(20)21/h3-9,11,18H,10H2,1-2H3. The Morgan fingerprint density at radius 3 is 2.55 bits per heavy atom. The number of methoxy groups -OCH3 is 1. The average molecular weight is 365 g/mol. The topological polar surface area (TPSA) is 64.4 Å². The minimum absolute atomic E-state index is 0.0157. The molecule has 2 aromatic carbocycles. The Morgan fingerprint density at radius 1 is 1.27 bits per heavy atom. The highest BCUT2D eigenvalue weighted by Gasteiger charge is 2.15. The van der Waals surface area contributed by atoms with Gasteiger partial charge in [0.1, 0.15) is 0 Å². The predicted octanol–water partition coefficient (Wildman–Crippen LogP) is 4.22. The van der Waals surface area contributed by atoms with Gasteiger partial charge in [0.2, 0.25) is 0 Å². The predicted molar refractivity (Wildman–Crippen MR) is 89.0 cm³/mol. The minimum Gasteiger partial charge on any atom is -0.490 e. The first-order chi connectivity index (χ1) is 10.5. The summed E-state index contributed by atoms with van der Waals surface area (Å²) in [6, 6.07) is 13.2. The summed E-state index contributed by atoms with van der Waals surface area (Å²) in [6.07, 6.45) is 0. The molecule has 0 bridgehead atoms. The van der Waals surface area contributed by atoms with Gasteiger partial charge < -0.3 is 10.1 Å². The summed E-state index contributed by atoms with van der Waals surface area (Å²) in [5.41, 5.74) is 1.99. The molecule has 0 fully saturated rings. The number of nitro benzene ring substituents is 1. The molecule has 0 saturated heterocycles. The smallest absolute Gasteiger partial charge is 0.311 e. The van der Waals surface area contributed by atoms with E-state index in [1.54, 1.807) is 12.1 Å². The molecule has 116 valence electrons. The highest BCUT2D eigenvalue weighted by Crippen LogP contribution is 2.27. The largest absolute Gasteiger partial charge is 0.490 e. The first-order valence-corrected chi connectivity index (χ1v) is 7.60. The van der Waals surface area contributed by atoms with Crippen LogP contribution in [0.15, 0.2) is 46.9 Å². The number of nitrogens with one attached hydrogen (secondary N) is 1. The molecule has 5 nitrogen and oxygen atoms in total. The molecule has 1 unspecified atom stereocenters. The van der Waals surface area contributed by atoms with Crippen molar-refractivity contribution < 1.29 is 9.66 Å². The van der Waals surface area contributed by atoms with Gasteiger partial charge in [-0.1, -0.05) is 34.1 Å². The van der Waals surface area contributed by atoms with E-state index in [4.69, 9.17) is 4.74 Å². The highest BCUT2D eigenvalue weighted by atomic mass is 79.9. The lowest BCUT2D eigenvalue weighted by Gasteiger charge is -2.14. The molecule has 0 aliphatic carbocycles. The van der Waals surface area contributed by atoms with E-state index in [0.717, 1.165) is 15.6 Å². The molecule has 0 aromatic heterocycles. The zero-order chi connectivity index (χ0) is 16.1. The summed E-state index contributed by atoms with van der Waals surface area (Å²) >= 11 is 3.41. The van der Waals surface area contributed by atoms with Gasteiger partial charge in [-0.3, -0.25) is 10.1 Å². The van der Waals surface area contributed by atoms with Crippen molar-refractivity contribution >= 4 is 21.6 Å². The third-order valence-electron chi connectivity index (χ3n) is 3.42. The maximum atomic E-state index is 11.0. The van der Waals surface area contributed by atoms with E-state index in [0.29, 0.717) is 6.54 Å². The van der Waals surface area contributed by atoms with Crippen LogP contribution in [0.2, 0.25) is 0 Å². The van der Waals surface area contributed by atoms with Crippen LogP contribution in [0.25, 0.3) is 0 Å². The van der Waals surface area contributed by atoms with Crippen LogP contribution in [0.4, 0.5) is 5.69 Å². The van der Waals surface area contributed by atoms with E-state index >= 15 is 0 Å². The Labute approximate surface area is 137 Å². The zero-order valence-electron chi connectivity index (χ0n) is 12.4. The van der Waals surface area contributed by atoms with Crippen LogP contribution in [0, 0.1) is 10.1 Å². The summed E-state index contributed by atoms with van der Waals surface area (Å²) in [6.45, 7) is 2.60. The lowest BCUT2D eigenvalue weighted by atomic mass is 10.1. The fourth-order valence-corrected chi connectivity index (χ4v) is 2.39. The van der Waals surface area contributed by atoms with Gasteiger partial charge in [-0.2, -0.15) is 0 Å². The number of hydrogen-bond acceptors (Lipinski definition) is 4. The van der Waals surface area contributed by atoms with Gasteiger partial charge in [-0.25, -0.2) is 0 Å². The summed E-state index contributed by atoms with van der Waals surface area (Å²) in [5, 5.41) is 14.4. The van der Waals surface area contributed by atoms with Crippen LogP contribution in [-0.2, 0) is 6.54 Å². The van der Waals surface area contributed by atoms with E-state index in [2.05, 4.69) is 28.2 Å². The molecule has 2 rings (SSSR count). The molecule has 0 aliphatic rings. The maximum absolute atomic E-state index is 11.0. The average Bonchev–Trinajstić information content (AvgIpc) is 2.53. The number of rotatable bonds is 6. The van der Waals surface area contributed by atoms with Crippen molar-refractivity contribution in [2.75, 3.05) is 7.11 Å². The van der Waals surface area contributed by atoms with Crippen LogP contribution in [0.3, 0.4) is 0 Å². The monoisotopic (exact) mass is 364 g/mol. The van der Waals surface area contributed by atoms with Gasteiger partial charge in [0.25, 0.3) is 0 Å². The second-order valence-corrected chi connectivity index (χ2v) is 5.83. The van der Waals surface area contributed by atoms with Gasteiger partial charge in [0, 0.05) is 23.1 Å². The van der Waals surface area contributed by atoms with Gasteiger partial charge in [-0.15, -0.1) is 0 Å². The second kappa shape index (κ2) is 7.38. The molecule has 6 heteroatoms. The minimum atomic E-state index is -0.430. The number of nitro groups is 1. The molecule has 0 saturated carbocycles. The molecule has 1 atom stereocenters. The molecule has 22 heavy (non-hydrogen) atoms. The Bertz CT molecular complexity index is 659. The molecule has 0 spiro atoms. The van der Waals surface area contributed by atoms with Crippen molar-refractivity contribution in [1.82, 2.24) is 5.32 Å². The zero-order valence-corrected chi connectivity index (χ0v) is 14.0. The molecule has 0 amide bonds. The van der Waals surface area contributed by atoms with Crippen LogP contribution < -0.4 is 10.1 Å². The van der Waals surface area contributed by atoms with E-state index in [-0.39, 0.29) is 17.5 Å². The van der Waals surface area contributed by atoms with Gasteiger partial charge in [0.15, 0.2) is 5.75 Å². The highest BCUT2D eigenvalue weighted by molar-refractivity contribution is 9.10. The SMILES string of the molecule is COc1ccc(CNC(C)c2ccc(Br)cc2)cc1[N+](=O)[O-]. The Balaban J connectivity index is 2.06. The lowest BCUT2D eigenvalue weighted by Crippen LogP contribution is -2.18. The Morgan fingerprint density at radius 2 is 1.95 bits per heavy atom. The van der Waals surface area contributed by atoms with E-state index < -0.39 is 4.92 Å². The van der Waals surface area contributed by atoms with Crippen molar-refractivity contribution in [3.05, 3.63) is 68.2 Å². The lowest BCUT2D eigenvalue weighted by molar-refractivity contribution is -0.385. The van der Waals surface area contributed by atoms with Crippen LogP contribution >= 0.6 is 15.9 Å². The number of halogens is 1. The summed E-state index contributed by atoms with van der Waals surface area (Å²) in [7, 11) is 1.43. The summed E-state index contributed by atoms with van der Waals surface area (Å²) in [5.74, 6) is 0.273. The molecular formula is C16H17BrN2O3. The van der Waals surface area contributed by atoms with Crippen molar-refractivity contribution in [3.8, 4) is 5.75 Å². The van der Waals surface area contributed by atoms with Crippen LogP contribution in [-0.4, -0.2) is 12.0 Å². The normalized spacial score (nSPS) is 12.0. The molecule has 2 aromatic rings. The van der Waals surface area contributed by atoms with E-state index in [1.165, 1.54) is 7.11 Å². The number of hydrogen-bond donors (Lipinski definition) is 1. The Hall–Kier alpha value is -1.92. The summed E-state index contributed by atoms with van der Waals surface area (Å²) in [4.78, 5) is 10.6. The third-order valence-corrected chi connectivity index (χ3v) is 3.95. The third kappa shape index (κ3) is 4.05. The van der Waals surface area contributed by atoms with Crippen molar-refractivity contribution in [3.63, 3.8) is 0 Å². The van der Waals surface area contributed by atoms with E-state index in [1.807, 2.05) is 30.3 Å². The first-order valence-electron chi connectivity index (χ1n) is 6.81.